The molecule has 0 bridgehead atoms. The van der Waals surface area contributed by atoms with Crippen molar-refractivity contribution in [1.82, 2.24) is 5.01 Å². The molecule has 0 aromatic rings. The normalized spacial score (nSPS) is 26.4. The predicted molar refractivity (Wildman–Crippen MR) is 76.3 cm³/mol. The molecular weight excluding hydrogens is 208 g/mol. The van der Waals surface area contributed by atoms with E-state index >= 15 is 0 Å². The topological polar surface area (TPSA) is 15.6 Å². The van der Waals surface area contributed by atoms with Crippen molar-refractivity contribution >= 4 is 5.71 Å². The molecule has 2 nitrogen and oxygen atoms in total. The van der Waals surface area contributed by atoms with Crippen LogP contribution in [0.4, 0.5) is 0 Å². The van der Waals surface area contributed by atoms with Gasteiger partial charge in [-0.3, -0.25) is 5.01 Å². The fourth-order valence-electron chi connectivity index (χ4n) is 2.78. The largest absolute Gasteiger partial charge is 0.296 e. The highest BCUT2D eigenvalue weighted by atomic mass is 15.5. The van der Waals surface area contributed by atoms with Crippen molar-refractivity contribution in [2.45, 2.75) is 67.3 Å². The molecule has 0 aromatic carbocycles. The Morgan fingerprint density at radius 3 is 1.88 bits per heavy atom. The molecular formula is C15H30N2. The molecule has 1 aliphatic heterocycles. The first-order valence-corrected chi connectivity index (χ1v) is 6.77. The lowest BCUT2D eigenvalue weighted by molar-refractivity contribution is 0.155. The van der Waals surface area contributed by atoms with Crippen LogP contribution in [0.15, 0.2) is 5.10 Å². The first-order chi connectivity index (χ1) is 7.49. The van der Waals surface area contributed by atoms with Gasteiger partial charge in [-0.2, -0.15) is 5.10 Å². The van der Waals surface area contributed by atoms with E-state index in [2.05, 4.69) is 65.6 Å². The second-order valence-corrected chi connectivity index (χ2v) is 8.02. The van der Waals surface area contributed by atoms with Crippen LogP contribution in [0, 0.1) is 16.7 Å². The zero-order valence-corrected chi connectivity index (χ0v) is 13.0. The molecule has 0 fully saturated rings. The van der Waals surface area contributed by atoms with Crippen LogP contribution in [0.3, 0.4) is 0 Å². The maximum absolute atomic E-state index is 4.67. The van der Waals surface area contributed by atoms with Crippen LogP contribution >= 0.6 is 0 Å². The molecule has 2 heteroatoms. The summed E-state index contributed by atoms with van der Waals surface area (Å²) in [5, 5.41) is 6.86. The fraction of sp³-hybridized carbons (Fsp3) is 0.933. The Labute approximate surface area is 107 Å². The summed E-state index contributed by atoms with van der Waals surface area (Å²) in [4.78, 5) is 0. The number of hydrazone groups is 1. The molecule has 0 spiro atoms. The van der Waals surface area contributed by atoms with Gasteiger partial charge in [0.2, 0.25) is 0 Å². The molecule has 1 rings (SSSR count). The highest BCUT2D eigenvalue weighted by molar-refractivity contribution is 5.86. The van der Waals surface area contributed by atoms with Gasteiger partial charge in [-0.05, 0) is 30.6 Å². The zero-order valence-electron chi connectivity index (χ0n) is 13.0. The van der Waals surface area contributed by atoms with E-state index in [1.165, 1.54) is 18.6 Å². The Bertz CT molecular complexity index is 291. The zero-order chi connectivity index (χ0) is 13.4. The molecule has 0 saturated carbocycles. The van der Waals surface area contributed by atoms with E-state index in [1.54, 1.807) is 0 Å². The number of hydrogen-bond donors (Lipinski definition) is 0. The number of hydrogen-bond acceptors (Lipinski definition) is 2. The molecule has 0 amide bonds. The van der Waals surface area contributed by atoms with Crippen molar-refractivity contribution in [3.63, 3.8) is 0 Å². The van der Waals surface area contributed by atoms with Crippen LogP contribution in [0.2, 0.25) is 0 Å². The molecule has 0 aliphatic carbocycles. The van der Waals surface area contributed by atoms with Gasteiger partial charge >= 0.3 is 0 Å². The van der Waals surface area contributed by atoms with Crippen molar-refractivity contribution in [3.05, 3.63) is 0 Å². The van der Waals surface area contributed by atoms with E-state index in [-0.39, 0.29) is 0 Å². The fourth-order valence-corrected chi connectivity index (χ4v) is 2.78. The van der Waals surface area contributed by atoms with E-state index < -0.39 is 0 Å². The molecule has 2 unspecified atom stereocenters. The lowest BCUT2D eigenvalue weighted by atomic mass is 9.75. The second kappa shape index (κ2) is 4.62. The van der Waals surface area contributed by atoms with Crippen LogP contribution in [0.1, 0.15) is 61.3 Å². The maximum atomic E-state index is 4.67. The van der Waals surface area contributed by atoms with Crippen LogP contribution in [-0.2, 0) is 0 Å². The van der Waals surface area contributed by atoms with E-state index in [0.717, 1.165) is 0 Å². The Morgan fingerprint density at radius 2 is 1.47 bits per heavy atom. The maximum Gasteiger partial charge on any atom is 0.0553 e. The monoisotopic (exact) mass is 238 g/mol. The molecule has 0 saturated heterocycles. The second-order valence-electron chi connectivity index (χ2n) is 8.02. The third-order valence-electron chi connectivity index (χ3n) is 3.45. The van der Waals surface area contributed by atoms with Gasteiger partial charge < -0.3 is 0 Å². The minimum Gasteiger partial charge on any atom is -0.296 e. The van der Waals surface area contributed by atoms with Gasteiger partial charge in [0.25, 0.3) is 0 Å². The summed E-state index contributed by atoms with van der Waals surface area (Å²) in [6.07, 6.45) is 2.44. The van der Waals surface area contributed by atoms with Crippen molar-refractivity contribution in [2.75, 3.05) is 7.05 Å². The first-order valence-electron chi connectivity index (χ1n) is 6.77. The third kappa shape index (κ3) is 4.33. The van der Waals surface area contributed by atoms with Crippen LogP contribution in [-0.4, -0.2) is 23.8 Å². The van der Waals surface area contributed by atoms with Gasteiger partial charge in [0.05, 0.1) is 6.04 Å². The van der Waals surface area contributed by atoms with Crippen molar-refractivity contribution in [2.24, 2.45) is 21.8 Å². The van der Waals surface area contributed by atoms with Gasteiger partial charge in [0.15, 0.2) is 0 Å². The Balaban J connectivity index is 2.80. The summed E-state index contributed by atoms with van der Waals surface area (Å²) in [6, 6.07) is 0.578. The molecule has 0 radical (unpaired) electrons. The summed E-state index contributed by atoms with van der Waals surface area (Å²) in [5.74, 6) is 0.624. The van der Waals surface area contributed by atoms with E-state index in [4.69, 9.17) is 0 Å². The number of nitrogens with zero attached hydrogens (tertiary/aromatic N) is 2. The SMILES string of the molecule is CC1=NN(C)C(CC(C)(C)C)C1CC(C)(C)C. The van der Waals surface area contributed by atoms with Gasteiger partial charge in [-0.25, -0.2) is 0 Å². The molecule has 1 aliphatic rings. The quantitative estimate of drug-likeness (QED) is 0.705. The van der Waals surface area contributed by atoms with Gasteiger partial charge in [-0.1, -0.05) is 41.5 Å². The summed E-state index contributed by atoms with van der Waals surface area (Å²) >= 11 is 0. The smallest absolute Gasteiger partial charge is 0.0553 e. The molecule has 1 heterocycles. The summed E-state index contributed by atoms with van der Waals surface area (Å²) in [5.41, 5.74) is 2.06. The van der Waals surface area contributed by atoms with Crippen LogP contribution in [0.5, 0.6) is 0 Å². The van der Waals surface area contributed by atoms with Gasteiger partial charge in [-0.15, -0.1) is 0 Å². The van der Waals surface area contributed by atoms with Gasteiger partial charge in [0.1, 0.15) is 0 Å². The first kappa shape index (κ1) is 14.5. The summed E-state index contributed by atoms with van der Waals surface area (Å²) in [6.45, 7) is 16.1. The van der Waals surface area contributed by atoms with Gasteiger partial charge in [0, 0.05) is 18.7 Å². The lowest BCUT2D eigenvalue weighted by Crippen LogP contribution is -2.36. The minimum absolute atomic E-state index is 0.370. The van der Waals surface area contributed by atoms with Crippen molar-refractivity contribution in [1.29, 1.82) is 0 Å². The Kier molecular flexibility index (Phi) is 3.95. The molecule has 0 aromatic heterocycles. The highest BCUT2D eigenvalue weighted by Crippen LogP contribution is 2.37. The average Bonchev–Trinajstić information content (AvgIpc) is 2.27. The lowest BCUT2D eigenvalue weighted by Gasteiger charge is -2.34. The van der Waals surface area contributed by atoms with Crippen molar-refractivity contribution < 1.29 is 0 Å². The van der Waals surface area contributed by atoms with E-state index in [9.17, 15) is 0 Å². The van der Waals surface area contributed by atoms with E-state index in [0.29, 0.717) is 22.8 Å². The molecule has 0 N–H and O–H groups in total. The van der Waals surface area contributed by atoms with Crippen LogP contribution < -0.4 is 0 Å². The third-order valence-corrected chi connectivity index (χ3v) is 3.45. The van der Waals surface area contributed by atoms with Crippen LogP contribution in [0.25, 0.3) is 0 Å². The Morgan fingerprint density at radius 1 is 1.00 bits per heavy atom. The Hall–Kier alpha value is -0.530. The number of rotatable bonds is 2. The summed E-state index contributed by atoms with van der Waals surface area (Å²) in [7, 11) is 2.13. The molecule has 17 heavy (non-hydrogen) atoms. The van der Waals surface area contributed by atoms with E-state index in [1.807, 2.05) is 0 Å². The molecule has 2 atom stereocenters. The average molecular weight is 238 g/mol. The predicted octanol–water partition coefficient (Wildman–Crippen LogP) is 4.16. The molecule has 100 valence electrons. The highest BCUT2D eigenvalue weighted by Gasteiger charge is 2.37. The summed E-state index contributed by atoms with van der Waals surface area (Å²) < 4.78 is 0. The van der Waals surface area contributed by atoms with Crippen molar-refractivity contribution in [3.8, 4) is 0 Å². The minimum atomic E-state index is 0.370. The standard InChI is InChI=1S/C15H30N2/c1-11-12(9-14(2,3)4)13(17(8)16-11)10-15(5,6)7/h12-13H,9-10H2,1-8H3.